The molecular formula is C13H20N4O3. The van der Waals surface area contributed by atoms with Crippen molar-refractivity contribution in [3.05, 3.63) is 18.2 Å². The second kappa shape index (κ2) is 6.40. The van der Waals surface area contributed by atoms with E-state index in [4.69, 9.17) is 5.11 Å². The molecule has 20 heavy (non-hydrogen) atoms. The highest BCUT2D eigenvalue weighted by Crippen LogP contribution is 2.19. The molecule has 0 aromatic carbocycles. The predicted octanol–water partition coefficient (Wildman–Crippen LogP) is 1.17. The summed E-state index contributed by atoms with van der Waals surface area (Å²) in [5.74, 6) is -1.05. The lowest BCUT2D eigenvalue weighted by Gasteiger charge is -2.23. The summed E-state index contributed by atoms with van der Waals surface area (Å²) in [7, 11) is 0. The fourth-order valence-electron chi connectivity index (χ4n) is 2.51. The minimum absolute atomic E-state index is 0.0157. The largest absolute Gasteiger partial charge is 0.476 e. The Kier molecular flexibility index (Phi) is 4.60. The van der Waals surface area contributed by atoms with Gasteiger partial charge in [-0.2, -0.15) is 0 Å². The number of imidazole rings is 1. The van der Waals surface area contributed by atoms with Crippen LogP contribution in [0.1, 0.15) is 36.7 Å². The van der Waals surface area contributed by atoms with Gasteiger partial charge in [-0.1, -0.05) is 6.92 Å². The first-order valence-corrected chi connectivity index (χ1v) is 6.91. The number of carbonyl (C=O) groups is 2. The first-order chi connectivity index (χ1) is 9.61. The Morgan fingerprint density at radius 1 is 1.55 bits per heavy atom. The monoisotopic (exact) mass is 280 g/mol. The van der Waals surface area contributed by atoms with Crippen LogP contribution in [0.4, 0.5) is 4.79 Å². The molecule has 1 aliphatic heterocycles. The molecule has 1 atom stereocenters. The van der Waals surface area contributed by atoms with E-state index in [-0.39, 0.29) is 11.7 Å². The van der Waals surface area contributed by atoms with Gasteiger partial charge < -0.3 is 19.9 Å². The van der Waals surface area contributed by atoms with Crippen molar-refractivity contribution in [2.45, 2.75) is 38.8 Å². The van der Waals surface area contributed by atoms with Crippen LogP contribution < -0.4 is 5.32 Å². The Balaban J connectivity index is 1.77. The number of aromatic nitrogens is 2. The summed E-state index contributed by atoms with van der Waals surface area (Å²) in [5.41, 5.74) is 0.0157. The minimum Gasteiger partial charge on any atom is -0.476 e. The molecule has 110 valence electrons. The van der Waals surface area contributed by atoms with Gasteiger partial charge in [0.05, 0.1) is 6.33 Å². The van der Waals surface area contributed by atoms with Crippen LogP contribution in [0.3, 0.4) is 0 Å². The van der Waals surface area contributed by atoms with Crippen molar-refractivity contribution in [3.8, 4) is 0 Å². The Labute approximate surface area is 117 Å². The first-order valence-electron chi connectivity index (χ1n) is 6.91. The number of carboxylic acid groups (broad SMARTS) is 1. The molecule has 0 bridgehead atoms. The molecule has 0 radical (unpaired) electrons. The first kappa shape index (κ1) is 14.4. The zero-order valence-corrected chi connectivity index (χ0v) is 11.6. The number of aromatic carboxylic acids is 1. The molecule has 0 saturated carbocycles. The second-order valence-electron chi connectivity index (χ2n) is 4.93. The maximum atomic E-state index is 12.0. The summed E-state index contributed by atoms with van der Waals surface area (Å²) in [6.45, 7) is 3.88. The summed E-state index contributed by atoms with van der Waals surface area (Å²) in [6, 6.07) is 0.315. The normalized spacial score (nSPS) is 18.2. The van der Waals surface area contributed by atoms with E-state index in [0.29, 0.717) is 19.1 Å². The SMILES string of the molecule is CCC1CCCN1C(=O)NCCn1cnc(C(=O)O)c1. The summed E-state index contributed by atoms with van der Waals surface area (Å²) < 4.78 is 1.66. The van der Waals surface area contributed by atoms with Crippen molar-refractivity contribution < 1.29 is 14.7 Å². The summed E-state index contributed by atoms with van der Waals surface area (Å²) in [5, 5.41) is 11.6. The van der Waals surface area contributed by atoms with Crippen molar-refractivity contribution in [2.75, 3.05) is 13.1 Å². The van der Waals surface area contributed by atoms with E-state index in [9.17, 15) is 9.59 Å². The van der Waals surface area contributed by atoms with Gasteiger partial charge in [-0.3, -0.25) is 0 Å². The van der Waals surface area contributed by atoms with Gasteiger partial charge in [0.2, 0.25) is 0 Å². The highest BCUT2D eigenvalue weighted by Gasteiger charge is 2.26. The van der Waals surface area contributed by atoms with Crippen molar-refractivity contribution in [3.63, 3.8) is 0 Å². The number of nitrogens with one attached hydrogen (secondary N) is 1. The predicted molar refractivity (Wildman–Crippen MR) is 72.6 cm³/mol. The van der Waals surface area contributed by atoms with Crippen molar-refractivity contribution in [1.82, 2.24) is 19.8 Å². The smallest absolute Gasteiger partial charge is 0.356 e. The van der Waals surface area contributed by atoms with Gasteiger partial charge in [0.25, 0.3) is 0 Å². The van der Waals surface area contributed by atoms with Crippen LogP contribution in [0, 0.1) is 0 Å². The standard InChI is InChI=1S/C13H20N4O3/c1-2-10-4-3-6-17(10)13(20)14-5-7-16-8-11(12(18)19)15-9-16/h8-10H,2-7H2,1H3,(H,14,20)(H,18,19). The molecule has 1 aliphatic rings. The molecule has 0 aliphatic carbocycles. The van der Waals surface area contributed by atoms with Crippen molar-refractivity contribution in [2.24, 2.45) is 0 Å². The summed E-state index contributed by atoms with van der Waals surface area (Å²) in [6.07, 6.45) is 6.04. The molecule has 2 heterocycles. The van der Waals surface area contributed by atoms with Gasteiger partial charge >= 0.3 is 12.0 Å². The molecule has 1 saturated heterocycles. The number of urea groups is 1. The number of hydrogen-bond donors (Lipinski definition) is 2. The third-order valence-corrected chi connectivity index (χ3v) is 3.61. The lowest BCUT2D eigenvalue weighted by molar-refractivity contribution is 0.0691. The lowest BCUT2D eigenvalue weighted by atomic mass is 10.2. The van der Waals surface area contributed by atoms with Gasteiger partial charge in [-0.25, -0.2) is 14.6 Å². The van der Waals surface area contributed by atoms with Gasteiger partial charge in [-0.05, 0) is 19.3 Å². The minimum atomic E-state index is -1.05. The van der Waals surface area contributed by atoms with Crippen molar-refractivity contribution in [1.29, 1.82) is 0 Å². The zero-order valence-electron chi connectivity index (χ0n) is 11.6. The fraction of sp³-hybridized carbons (Fsp3) is 0.615. The molecule has 7 nitrogen and oxygen atoms in total. The molecule has 1 unspecified atom stereocenters. The van der Waals surface area contributed by atoms with E-state index in [2.05, 4.69) is 17.2 Å². The van der Waals surface area contributed by atoms with E-state index in [1.54, 1.807) is 4.57 Å². The third-order valence-electron chi connectivity index (χ3n) is 3.61. The average molecular weight is 280 g/mol. The quantitative estimate of drug-likeness (QED) is 0.847. The maximum absolute atomic E-state index is 12.0. The number of likely N-dealkylation sites (tertiary alicyclic amines) is 1. The van der Waals surface area contributed by atoms with Crippen LogP contribution in [0.5, 0.6) is 0 Å². The Morgan fingerprint density at radius 3 is 3.00 bits per heavy atom. The molecule has 0 spiro atoms. The Bertz CT molecular complexity index is 486. The van der Waals surface area contributed by atoms with E-state index < -0.39 is 5.97 Å². The van der Waals surface area contributed by atoms with E-state index >= 15 is 0 Å². The van der Waals surface area contributed by atoms with Crippen LogP contribution in [0.15, 0.2) is 12.5 Å². The Morgan fingerprint density at radius 2 is 2.35 bits per heavy atom. The van der Waals surface area contributed by atoms with Crippen molar-refractivity contribution >= 4 is 12.0 Å². The molecule has 7 heteroatoms. The molecule has 2 rings (SSSR count). The molecule has 2 N–H and O–H groups in total. The maximum Gasteiger partial charge on any atom is 0.356 e. The number of rotatable bonds is 5. The van der Waals surface area contributed by atoms with Crippen LogP contribution in [-0.2, 0) is 6.54 Å². The molecule has 1 aromatic rings. The number of nitrogens with zero attached hydrogens (tertiary/aromatic N) is 3. The van der Waals surface area contributed by atoms with E-state index in [1.807, 2.05) is 4.90 Å². The third kappa shape index (κ3) is 3.28. The molecular weight excluding hydrogens is 260 g/mol. The molecule has 1 fully saturated rings. The van der Waals surface area contributed by atoms with E-state index in [1.165, 1.54) is 12.5 Å². The number of carboxylic acids is 1. The number of amides is 2. The Hall–Kier alpha value is -2.05. The number of hydrogen-bond acceptors (Lipinski definition) is 3. The summed E-state index contributed by atoms with van der Waals surface area (Å²) in [4.78, 5) is 28.3. The van der Waals surface area contributed by atoms with Gasteiger partial charge in [0.1, 0.15) is 0 Å². The molecule has 1 aromatic heterocycles. The van der Waals surface area contributed by atoms with E-state index in [0.717, 1.165) is 25.8 Å². The van der Waals surface area contributed by atoms with Gasteiger partial charge in [0, 0.05) is 31.9 Å². The second-order valence-corrected chi connectivity index (χ2v) is 4.93. The number of carbonyl (C=O) groups excluding carboxylic acids is 1. The fourth-order valence-corrected chi connectivity index (χ4v) is 2.51. The summed E-state index contributed by atoms with van der Waals surface area (Å²) >= 11 is 0. The highest BCUT2D eigenvalue weighted by atomic mass is 16.4. The topological polar surface area (TPSA) is 87.5 Å². The van der Waals surface area contributed by atoms with Gasteiger partial charge in [0.15, 0.2) is 5.69 Å². The lowest BCUT2D eigenvalue weighted by Crippen LogP contribution is -2.43. The zero-order chi connectivity index (χ0) is 14.5. The van der Waals surface area contributed by atoms with Crippen LogP contribution in [0.25, 0.3) is 0 Å². The molecule has 2 amide bonds. The van der Waals surface area contributed by atoms with Crippen LogP contribution in [0.2, 0.25) is 0 Å². The van der Waals surface area contributed by atoms with Gasteiger partial charge in [-0.15, -0.1) is 0 Å². The van der Waals surface area contributed by atoms with Crippen LogP contribution >= 0.6 is 0 Å². The highest BCUT2D eigenvalue weighted by molar-refractivity contribution is 5.84. The average Bonchev–Trinajstić information content (AvgIpc) is 3.07. The van der Waals surface area contributed by atoms with Crippen LogP contribution in [-0.4, -0.2) is 50.7 Å².